The maximum atomic E-state index is 10.7. The molecule has 1 N–H and O–H groups in total. The zero-order valence-electron chi connectivity index (χ0n) is 11.1. The first-order chi connectivity index (χ1) is 9.31. The summed E-state index contributed by atoms with van der Waals surface area (Å²) >= 11 is 1.73. The van der Waals surface area contributed by atoms with E-state index in [0.717, 1.165) is 25.7 Å². The highest BCUT2D eigenvalue weighted by Gasteiger charge is 2.44. The molecule has 0 radical (unpaired) electrons. The van der Waals surface area contributed by atoms with Crippen LogP contribution in [-0.4, -0.2) is 11.2 Å². The molecule has 0 amide bonds. The molecule has 2 aromatic rings. The Hall–Kier alpha value is -1.12. The molecule has 3 rings (SSSR count). The Morgan fingerprint density at radius 1 is 1.16 bits per heavy atom. The molecule has 1 saturated carbocycles. The monoisotopic (exact) mass is 272 g/mol. The van der Waals surface area contributed by atoms with Gasteiger partial charge in [-0.05, 0) is 53.6 Å². The van der Waals surface area contributed by atoms with Crippen molar-refractivity contribution in [1.29, 1.82) is 0 Å². The summed E-state index contributed by atoms with van der Waals surface area (Å²) < 4.78 is 0. The average Bonchev–Trinajstić information content (AvgIpc) is 2.89. The van der Waals surface area contributed by atoms with Crippen molar-refractivity contribution in [3.63, 3.8) is 0 Å². The first kappa shape index (κ1) is 12.9. The van der Waals surface area contributed by atoms with Gasteiger partial charge in [0.15, 0.2) is 0 Å². The van der Waals surface area contributed by atoms with E-state index in [4.69, 9.17) is 0 Å². The first-order valence-corrected chi connectivity index (χ1v) is 8.00. The van der Waals surface area contributed by atoms with Crippen molar-refractivity contribution in [1.82, 2.24) is 0 Å². The van der Waals surface area contributed by atoms with Crippen LogP contribution in [0.15, 0.2) is 47.2 Å². The summed E-state index contributed by atoms with van der Waals surface area (Å²) in [6, 6.07) is 12.7. The topological polar surface area (TPSA) is 20.2 Å². The van der Waals surface area contributed by atoms with Crippen LogP contribution in [0.2, 0.25) is 0 Å². The number of aryl methyl sites for hydroxylation is 1. The van der Waals surface area contributed by atoms with E-state index >= 15 is 0 Å². The van der Waals surface area contributed by atoms with Crippen molar-refractivity contribution in [2.45, 2.75) is 43.6 Å². The molecular weight excluding hydrogens is 252 g/mol. The third kappa shape index (κ3) is 2.47. The first-order valence-electron chi connectivity index (χ1n) is 7.06. The van der Waals surface area contributed by atoms with Gasteiger partial charge in [-0.2, -0.15) is 11.3 Å². The number of hydrogen-bond acceptors (Lipinski definition) is 2. The van der Waals surface area contributed by atoms with Gasteiger partial charge in [0.1, 0.15) is 0 Å². The number of aliphatic hydroxyl groups is 1. The molecule has 1 atom stereocenters. The predicted octanol–water partition coefficient (Wildman–Crippen LogP) is 4.16. The van der Waals surface area contributed by atoms with Crippen LogP contribution < -0.4 is 0 Å². The molecule has 0 saturated heterocycles. The number of hydrogen-bond donors (Lipinski definition) is 1. The molecule has 1 nitrogen and oxygen atoms in total. The van der Waals surface area contributed by atoms with Crippen LogP contribution in [-0.2, 0) is 11.8 Å². The normalized spacial score (nSPS) is 18.8. The van der Waals surface area contributed by atoms with Crippen LogP contribution in [0.25, 0.3) is 0 Å². The molecule has 19 heavy (non-hydrogen) atoms. The van der Waals surface area contributed by atoms with E-state index in [2.05, 4.69) is 41.1 Å². The highest BCUT2D eigenvalue weighted by Crippen LogP contribution is 2.47. The standard InChI is InChI=1S/C17H20OS/c18-16(8-7-14-9-12-19-13-14)17(10-4-11-17)15-5-2-1-3-6-15/h1-3,5-6,9,12-13,16,18H,4,7-8,10-11H2. The molecule has 1 fully saturated rings. The molecule has 1 heterocycles. The van der Waals surface area contributed by atoms with E-state index in [1.807, 2.05) is 6.07 Å². The molecule has 2 heteroatoms. The van der Waals surface area contributed by atoms with Crippen LogP contribution in [0.3, 0.4) is 0 Å². The molecule has 0 aliphatic heterocycles. The van der Waals surface area contributed by atoms with Gasteiger partial charge in [-0.15, -0.1) is 0 Å². The van der Waals surface area contributed by atoms with Crippen LogP contribution in [0.1, 0.15) is 36.8 Å². The SMILES string of the molecule is OC(CCc1ccsc1)C1(c2ccccc2)CCC1. The lowest BCUT2D eigenvalue weighted by molar-refractivity contribution is 0.0225. The van der Waals surface area contributed by atoms with E-state index in [1.165, 1.54) is 17.5 Å². The van der Waals surface area contributed by atoms with Crippen LogP contribution in [0, 0.1) is 0 Å². The maximum Gasteiger partial charge on any atom is 0.0639 e. The Morgan fingerprint density at radius 3 is 2.53 bits per heavy atom. The predicted molar refractivity (Wildman–Crippen MR) is 80.6 cm³/mol. The molecule has 100 valence electrons. The van der Waals surface area contributed by atoms with Gasteiger partial charge in [0, 0.05) is 5.41 Å². The number of thiophene rings is 1. The summed E-state index contributed by atoms with van der Waals surface area (Å²) in [5.74, 6) is 0. The molecule has 1 unspecified atom stereocenters. The minimum Gasteiger partial charge on any atom is -0.392 e. The Bertz CT molecular complexity index is 499. The van der Waals surface area contributed by atoms with E-state index < -0.39 is 0 Å². The minimum absolute atomic E-state index is 0.0251. The zero-order chi connectivity index (χ0) is 13.1. The molecule has 1 aliphatic carbocycles. The van der Waals surface area contributed by atoms with Gasteiger partial charge in [0.25, 0.3) is 0 Å². The van der Waals surface area contributed by atoms with Gasteiger partial charge in [0.05, 0.1) is 6.10 Å². The van der Waals surface area contributed by atoms with E-state index in [0.29, 0.717) is 0 Å². The second-order valence-corrected chi connectivity index (χ2v) is 6.34. The third-order valence-electron chi connectivity index (χ3n) is 4.52. The summed E-state index contributed by atoms with van der Waals surface area (Å²) in [5.41, 5.74) is 2.70. The summed E-state index contributed by atoms with van der Waals surface area (Å²) in [5, 5.41) is 15.0. The zero-order valence-corrected chi connectivity index (χ0v) is 11.9. The summed E-state index contributed by atoms with van der Waals surface area (Å²) in [6.45, 7) is 0. The van der Waals surface area contributed by atoms with E-state index in [-0.39, 0.29) is 11.5 Å². The Morgan fingerprint density at radius 2 is 1.95 bits per heavy atom. The lowest BCUT2D eigenvalue weighted by atomic mass is 9.60. The fraction of sp³-hybridized carbons (Fsp3) is 0.412. The average molecular weight is 272 g/mol. The van der Waals surface area contributed by atoms with Gasteiger partial charge < -0.3 is 5.11 Å². The van der Waals surface area contributed by atoms with Gasteiger partial charge in [-0.25, -0.2) is 0 Å². The summed E-state index contributed by atoms with van der Waals surface area (Å²) in [6.07, 6.45) is 5.13. The molecular formula is C17H20OS. The van der Waals surface area contributed by atoms with Crippen molar-refractivity contribution in [3.05, 3.63) is 58.3 Å². The second-order valence-electron chi connectivity index (χ2n) is 5.56. The van der Waals surface area contributed by atoms with E-state index in [9.17, 15) is 5.11 Å². The van der Waals surface area contributed by atoms with Crippen LogP contribution in [0.4, 0.5) is 0 Å². The highest BCUT2D eigenvalue weighted by molar-refractivity contribution is 7.07. The number of rotatable bonds is 5. The Labute approximate surface area is 118 Å². The van der Waals surface area contributed by atoms with Crippen molar-refractivity contribution < 1.29 is 5.11 Å². The number of aliphatic hydroxyl groups excluding tert-OH is 1. The molecule has 0 bridgehead atoms. The van der Waals surface area contributed by atoms with Crippen molar-refractivity contribution >= 4 is 11.3 Å². The van der Waals surface area contributed by atoms with Gasteiger partial charge in [-0.3, -0.25) is 0 Å². The van der Waals surface area contributed by atoms with Crippen molar-refractivity contribution in [3.8, 4) is 0 Å². The lowest BCUT2D eigenvalue weighted by Crippen LogP contribution is -2.45. The quantitative estimate of drug-likeness (QED) is 0.866. The number of benzene rings is 1. The van der Waals surface area contributed by atoms with Crippen LogP contribution in [0.5, 0.6) is 0 Å². The smallest absolute Gasteiger partial charge is 0.0639 e. The third-order valence-corrected chi connectivity index (χ3v) is 5.25. The van der Waals surface area contributed by atoms with E-state index in [1.54, 1.807) is 11.3 Å². The summed E-state index contributed by atoms with van der Waals surface area (Å²) in [4.78, 5) is 0. The van der Waals surface area contributed by atoms with Crippen molar-refractivity contribution in [2.75, 3.05) is 0 Å². The van der Waals surface area contributed by atoms with Crippen LogP contribution >= 0.6 is 11.3 Å². The van der Waals surface area contributed by atoms with Gasteiger partial charge in [-0.1, -0.05) is 36.8 Å². The largest absolute Gasteiger partial charge is 0.392 e. The minimum atomic E-state index is -0.219. The van der Waals surface area contributed by atoms with Gasteiger partial charge >= 0.3 is 0 Å². The molecule has 0 spiro atoms. The van der Waals surface area contributed by atoms with Gasteiger partial charge in [0.2, 0.25) is 0 Å². The fourth-order valence-corrected chi connectivity index (χ4v) is 3.86. The second kappa shape index (κ2) is 5.48. The Kier molecular flexibility index (Phi) is 3.72. The Balaban J connectivity index is 1.71. The molecule has 1 aliphatic rings. The molecule has 1 aromatic heterocycles. The molecule has 1 aromatic carbocycles. The maximum absolute atomic E-state index is 10.7. The lowest BCUT2D eigenvalue weighted by Gasteiger charge is -2.46. The summed E-state index contributed by atoms with van der Waals surface area (Å²) in [7, 11) is 0. The fourth-order valence-electron chi connectivity index (χ4n) is 3.16. The van der Waals surface area contributed by atoms with Crippen molar-refractivity contribution in [2.24, 2.45) is 0 Å². The highest BCUT2D eigenvalue weighted by atomic mass is 32.1.